The largest absolute Gasteiger partial charge is 0.452 e. The summed E-state index contributed by atoms with van der Waals surface area (Å²) < 4.78 is 43.2. The molecule has 132 valence electrons. The molecule has 0 bridgehead atoms. The average molecular weight is 372 g/mol. The quantitative estimate of drug-likeness (QED) is 0.807. The number of hydrogen-bond acceptors (Lipinski definition) is 3. The van der Waals surface area contributed by atoms with E-state index in [1.54, 1.807) is 25.1 Å². The molecule has 0 spiro atoms. The number of halogens is 4. The number of ether oxygens (including phenoxy) is 1. The minimum absolute atomic E-state index is 0.103. The van der Waals surface area contributed by atoms with Gasteiger partial charge in [-0.25, -0.2) is 4.79 Å². The maximum atomic E-state index is 12.8. The van der Waals surface area contributed by atoms with E-state index in [1.165, 1.54) is 12.1 Å². The second-order valence-corrected chi connectivity index (χ2v) is 5.59. The zero-order valence-corrected chi connectivity index (χ0v) is 13.7. The molecule has 0 saturated carbocycles. The molecule has 8 heteroatoms. The van der Waals surface area contributed by atoms with E-state index < -0.39 is 35.2 Å². The number of carbonyl (C=O) groups is 2. The third kappa shape index (κ3) is 5.22. The van der Waals surface area contributed by atoms with Crippen LogP contribution in [0, 0.1) is 6.92 Å². The number of rotatable bonds is 4. The zero-order chi connectivity index (χ0) is 18.6. The molecule has 2 aromatic carbocycles. The number of carbonyl (C=O) groups excluding carboxylic acids is 2. The van der Waals surface area contributed by atoms with Gasteiger partial charge in [-0.1, -0.05) is 29.3 Å². The van der Waals surface area contributed by atoms with Crippen molar-refractivity contribution >= 4 is 29.2 Å². The van der Waals surface area contributed by atoms with Gasteiger partial charge < -0.3 is 10.1 Å². The first-order chi connectivity index (χ1) is 11.7. The lowest BCUT2D eigenvalue weighted by Crippen LogP contribution is -2.21. The molecule has 4 nitrogen and oxygen atoms in total. The van der Waals surface area contributed by atoms with Crippen LogP contribution in [0.2, 0.25) is 5.02 Å². The van der Waals surface area contributed by atoms with Crippen LogP contribution in [-0.4, -0.2) is 18.5 Å². The third-order valence-corrected chi connectivity index (χ3v) is 3.47. The van der Waals surface area contributed by atoms with E-state index in [2.05, 4.69) is 5.32 Å². The van der Waals surface area contributed by atoms with Gasteiger partial charge >= 0.3 is 12.1 Å². The Hall–Kier alpha value is -2.54. The summed E-state index contributed by atoms with van der Waals surface area (Å²) in [5, 5.41) is 1.75. The van der Waals surface area contributed by atoms with Crippen LogP contribution in [0.4, 0.5) is 18.9 Å². The number of benzene rings is 2. The Morgan fingerprint density at radius 3 is 2.52 bits per heavy atom. The molecule has 0 atom stereocenters. The normalized spacial score (nSPS) is 11.1. The summed E-state index contributed by atoms with van der Waals surface area (Å²) in [5.41, 5.74) is -0.0459. The van der Waals surface area contributed by atoms with Gasteiger partial charge in [-0.3, -0.25) is 4.79 Å². The molecule has 0 radical (unpaired) electrons. The molecular formula is C17H13ClF3NO3. The van der Waals surface area contributed by atoms with Crippen LogP contribution in [0.25, 0.3) is 0 Å². The molecule has 0 fully saturated rings. The Balaban J connectivity index is 1.98. The summed E-state index contributed by atoms with van der Waals surface area (Å²) in [7, 11) is 0. The van der Waals surface area contributed by atoms with Gasteiger partial charge in [0, 0.05) is 5.69 Å². The lowest BCUT2D eigenvalue weighted by atomic mass is 10.1. The highest BCUT2D eigenvalue weighted by atomic mass is 35.5. The molecule has 0 aliphatic heterocycles. The molecule has 0 saturated heterocycles. The van der Waals surface area contributed by atoms with Gasteiger partial charge in [-0.2, -0.15) is 13.2 Å². The number of aryl methyl sites for hydroxylation is 1. The van der Waals surface area contributed by atoms with Gasteiger partial charge in [0.15, 0.2) is 6.61 Å². The summed E-state index contributed by atoms with van der Waals surface area (Å²) in [5.74, 6) is -1.47. The van der Waals surface area contributed by atoms with Gasteiger partial charge in [-0.05, 0) is 37.3 Å². The maximum absolute atomic E-state index is 12.8. The molecule has 25 heavy (non-hydrogen) atoms. The van der Waals surface area contributed by atoms with E-state index in [-0.39, 0.29) is 11.3 Å². The fourth-order valence-electron chi connectivity index (χ4n) is 2.00. The Kier molecular flexibility index (Phi) is 5.69. The van der Waals surface area contributed by atoms with E-state index in [9.17, 15) is 22.8 Å². The molecule has 1 N–H and O–H groups in total. The highest BCUT2D eigenvalue weighted by Crippen LogP contribution is 2.36. The molecular weight excluding hydrogens is 359 g/mol. The Bertz CT molecular complexity index is 806. The summed E-state index contributed by atoms with van der Waals surface area (Å²) in [6, 6.07) is 9.54. The molecule has 0 aliphatic rings. The van der Waals surface area contributed by atoms with E-state index in [1.807, 2.05) is 0 Å². The van der Waals surface area contributed by atoms with Crippen LogP contribution in [-0.2, 0) is 15.7 Å². The van der Waals surface area contributed by atoms with Crippen LogP contribution in [0.1, 0.15) is 21.5 Å². The van der Waals surface area contributed by atoms with Gasteiger partial charge in [0.1, 0.15) is 0 Å². The number of amides is 1. The molecule has 1 amide bonds. The first kappa shape index (κ1) is 18.8. The lowest BCUT2D eigenvalue weighted by molar-refractivity contribution is -0.137. The van der Waals surface area contributed by atoms with Crippen molar-refractivity contribution in [3.05, 3.63) is 64.2 Å². The van der Waals surface area contributed by atoms with Gasteiger partial charge in [0.25, 0.3) is 5.91 Å². The zero-order valence-electron chi connectivity index (χ0n) is 13.0. The number of anilines is 1. The van der Waals surface area contributed by atoms with Crippen LogP contribution in [0.15, 0.2) is 42.5 Å². The molecule has 0 unspecified atom stereocenters. The standard InChI is InChI=1S/C17H13ClF3NO3/c1-10-3-2-4-11(7-10)16(24)25-9-15(23)22-12-5-6-14(18)13(8-12)17(19,20)21/h2-8H,9H2,1H3,(H,22,23). The molecule has 0 aliphatic carbocycles. The summed E-state index contributed by atoms with van der Waals surface area (Å²) in [6.07, 6.45) is -4.64. The highest BCUT2D eigenvalue weighted by Gasteiger charge is 2.33. The molecule has 2 rings (SSSR count). The van der Waals surface area contributed by atoms with Crippen molar-refractivity contribution in [3.63, 3.8) is 0 Å². The Morgan fingerprint density at radius 2 is 1.88 bits per heavy atom. The first-order valence-corrected chi connectivity index (χ1v) is 7.45. The fraction of sp³-hybridized carbons (Fsp3) is 0.176. The first-order valence-electron chi connectivity index (χ1n) is 7.07. The number of hydrogen-bond donors (Lipinski definition) is 1. The Labute approximate surface area is 146 Å². The lowest BCUT2D eigenvalue weighted by Gasteiger charge is -2.12. The second kappa shape index (κ2) is 7.57. The SMILES string of the molecule is Cc1cccc(C(=O)OCC(=O)Nc2ccc(Cl)c(C(F)(F)F)c2)c1. The number of alkyl halides is 3. The minimum atomic E-state index is -4.64. The van der Waals surface area contributed by atoms with Crippen molar-refractivity contribution in [3.8, 4) is 0 Å². The van der Waals surface area contributed by atoms with Crippen LogP contribution in [0.5, 0.6) is 0 Å². The van der Waals surface area contributed by atoms with E-state index in [0.717, 1.165) is 11.6 Å². The second-order valence-electron chi connectivity index (χ2n) is 5.19. The molecule has 0 aromatic heterocycles. The topological polar surface area (TPSA) is 55.4 Å². The van der Waals surface area contributed by atoms with E-state index in [0.29, 0.717) is 6.07 Å². The van der Waals surface area contributed by atoms with Crippen LogP contribution < -0.4 is 5.32 Å². The smallest absolute Gasteiger partial charge is 0.417 e. The predicted octanol–water partition coefficient (Wildman–Crippen LogP) is 4.46. The van der Waals surface area contributed by atoms with Crippen molar-refractivity contribution < 1.29 is 27.5 Å². The van der Waals surface area contributed by atoms with Gasteiger partial charge in [-0.15, -0.1) is 0 Å². The van der Waals surface area contributed by atoms with Crippen molar-refractivity contribution in [1.82, 2.24) is 0 Å². The van der Waals surface area contributed by atoms with Crippen molar-refractivity contribution in [2.24, 2.45) is 0 Å². The summed E-state index contributed by atoms with van der Waals surface area (Å²) in [4.78, 5) is 23.6. The van der Waals surface area contributed by atoms with Crippen LogP contribution >= 0.6 is 11.6 Å². The fourth-order valence-corrected chi connectivity index (χ4v) is 2.23. The van der Waals surface area contributed by atoms with Crippen molar-refractivity contribution in [1.29, 1.82) is 0 Å². The van der Waals surface area contributed by atoms with Crippen molar-refractivity contribution in [2.75, 3.05) is 11.9 Å². The Morgan fingerprint density at radius 1 is 1.16 bits per heavy atom. The van der Waals surface area contributed by atoms with E-state index in [4.69, 9.17) is 16.3 Å². The molecule has 0 heterocycles. The maximum Gasteiger partial charge on any atom is 0.417 e. The predicted molar refractivity (Wildman–Crippen MR) is 86.5 cm³/mol. The van der Waals surface area contributed by atoms with Crippen LogP contribution in [0.3, 0.4) is 0 Å². The average Bonchev–Trinajstić information content (AvgIpc) is 2.53. The highest BCUT2D eigenvalue weighted by molar-refractivity contribution is 6.31. The van der Waals surface area contributed by atoms with Gasteiger partial charge in [0.05, 0.1) is 16.1 Å². The third-order valence-electron chi connectivity index (χ3n) is 3.14. The monoisotopic (exact) mass is 371 g/mol. The van der Waals surface area contributed by atoms with Crippen molar-refractivity contribution in [2.45, 2.75) is 13.1 Å². The summed E-state index contributed by atoms with van der Waals surface area (Å²) in [6.45, 7) is 1.17. The van der Waals surface area contributed by atoms with E-state index >= 15 is 0 Å². The molecule has 2 aromatic rings. The minimum Gasteiger partial charge on any atom is -0.452 e. The van der Waals surface area contributed by atoms with Gasteiger partial charge in [0.2, 0.25) is 0 Å². The number of nitrogens with one attached hydrogen (secondary N) is 1. The number of esters is 1. The summed E-state index contributed by atoms with van der Waals surface area (Å²) >= 11 is 5.50.